The maximum atomic E-state index is 10.7. The van der Waals surface area contributed by atoms with Crippen LogP contribution in [0.4, 0.5) is 5.69 Å². The van der Waals surface area contributed by atoms with Crippen LogP contribution >= 0.6 is 0 Å². The molecule has 0 radical (unpaired) electrons. The maximum Gasteiger partial charge on any atom is 0.335 e. The van der Waals surface area contributed by atoms with E-state index in [0.717, 1.165) is 17.8 Å². The van der Waals surface area contributed by atoms with Crippen LogP contribution in [0.2, 0.25) is 0 Å². The van der Waals surface area contributed by atoms with E-state index in [2.05, 4.69) is 23.3 Å². The van der Waals surface area contributed by atoms with Gasteiger partial charge < -0.3 is 10.4 Å². The molecular formula is C15H16N2O2. The minimum Gasteiger partial charge on any atom is -0.478 e. The summed E-state index contributed by atoms with van der Waals surface area (Å²) in [6.45, 7) is 2.73. The zero-order chi connectivity index (χ0) is 13.7. The summed E-state index contributed by atoms with van der Waals surface area (Å²) in [5.74, 6) is -0.912. The summed E-state index contributed by atoms with van der Waals surface area (Å²) in [7, 11) is 0. The Bertz CT molecular complexity index is 565. The molecule has 4 nitrogen and oxygen atoms in total. The highest BCUT2D eigenvalue weighted by atomic mass is 16.4. The van der Waals surface area contributed by atoms with Gasteiger partial charge in [0.2, 0.25) is 0 Å². The lowest BCUT2D eigenvalue weighted by atomic mass is 10.1. The predicted molar refractivity (Wildman–Crippen MR) is 74.3 cm³/mol. The minimum absolute atomic E-state index is 0.289. The number of carboxylic acid groups (broad SMARTS) is 1. The van der Waals surface area contributed by atoms with Crippen molar-refractivity contribution in [3.05, 3.63) is 59.4 Å². The van der Waals surface area contributed by atoms with E-state index >= 15 is 0 Å². The number of hydrogen-bond donors (Lipinski definition) is 2. The minimum atomic E-state index is -0.912. The van der Waals surface area contributed by atoms with Crippen molar-refractivity contribution in [1.82, 2.24) is 4.98 Å². The number of pyridine rings is 1. The third-order valence-corrected chi connectivity index (χ3v) is 2.96. The van der Waals surface area contributed by atoms with Crippen LogP contribution in [0, 0.1) is 0 Å². The summed E-state index contributed by atoms with van der Waals surface area (Å²) in [4.78, 5) is 15.1. The van der Waals surface area contributed by atoms with E-state index in [9.17, 15) is 4.79 Å². The summed E-state index contributed by atoms with van der Waals surface area (Å²) in [6.07, 6.45) is 2.73. The Hall–Kier alpha value is -2.36. The normalized spacial score (nSPS) is 10.2. The number of benzene rings is 1. The van der Waals surface area contributed by atoms with Crippen molar-refractivity contribution in [2.24, 2.45) is 0 Å². The molecule has 0 aliphatic rings. The van der Waals surface area contributed by atoms with Gasteiger partial charge in [-0.15, -0.1) is 0 Å². The van der Waals surface area contributed by atoms with Gasteiger partial charge in [-0.25, -0.2) is 4.79 Å². The van der Waals surface area contributed by atoms with Gasteiger partial charge in [0.25, 0.3) is 0 Å². The molecule has 2 aromatic rings. The highest BCUT2D eigenvalue weighted by molar-refractivity contribution is 5.87. The van der Waals surface area contributed by atoms with Crippen molar-refractivity contribution < 1.29 is 9.90 Å². The summed E-state index contributed by atoms with van der Waals surface area (Å²) < 4.78 is 0. The summed E-state index contributed by atoms with van der Waals surface area (Å²) in [5, 5.41) is 12.1. The monoisotopic (exact) mass is 256 g/mol. The van der Waals surface area contributed by atoms with Gasteiger partial charge in [0.1, 0.15) is 0 Å². The van der Waals surface area contributed by atoms with Gasteiger partial charge in [0, 0.05) is 11.9 Å². The summed E-state index contributed by atoms with van der Waals surface area (Å²) in [5.41, 5.74) is 3.42. The van der Waals surface area contributed by atoms with Crippen molar-refractivity contribution >= 4 is 11.7 Å². The molecule has 1 heterocycles. The van der Waals surface area contributed by atoms with Crippen LogP contribution in [0.15, 0.2) is 42.6 Å². The molecule has 4 heteroatoms. The van der Waals surface area contributed by atoms with Crippen molar-refractivity contribution in [3.8, 4) is 0 Å². The van der Waals surface area contributed by atoms with Gasteiger partial charge in [0.05, 0.1) is 17.8 Å². The molecule has 1 aromatic heterocycles. The lowest BCUT2D eigenvalue weighted by molar-refractivity contribution is 0.0697. The largest absolute Gasteiger partial charge is 0.478 e. The average molecular weight is 256 g/mol. The number of carboxylic acids is 1. The molecule has 0 saturated carbocycles. The first kappa shape index (κ1) is 13.1. The Kier molecular flexibility index (Phi) is 4.13. The van der Waals surface area contributed by atoms with Crippen LogP contribution in [-0.4, -0.2) is 16.1 Å². The molecule has 0 aliphatic carbocycles. The van der Waals surface area contributed by atoms with E-state index in [4.69, 9.17) is 5.11 Å². The second kappa shape index (κ2) is 6.00. The van der Waals surface area contributed by atoms with E-state index in [1.807, 2.05) is 6.07 Å². The van der Waals surface area contributed by atoms with E-state index in [1.54, 1.807) is 30.5 Å². The molecule has 0 aliphatic heterocycles. The number of rotatable bonds is 5. The Morgan fingerprint density at radius 1 is 1.26 bits per heavy atom. The average Bonchev–Trinajstić information content (AvgIpc) is 2.45. The van der Waals surface area contributed by atoms with Gasteiger partial charge in [-0.2, -0.15) is 0 Å². The number of aromatic carboxylic acids is 1. The Morgan fingerprint density at radius 2 is 2.00 bits per heavy atom. The molecule has 0 atom stereocenters. The van der Waals surface area contributed by atoms with Gasteiger partial charge in [0.15, 0.2) is 0 Å². The van der Waals surface area contributed by atoms with E-state index in [0.29, 0.717) is 6.54 Å². The molecule has 19 heavy (non-hydrogen) atoms. The highest BCUT2D eigenvalue weighted by Crippen LogP contribution is 2.12. The van der Waals surface area contributed by atoms with Crippen LogP contribution in [0.3, 0.4) is 0 Å². The van der Waals surface area contributed by atoms with E-state index < -0.39 is 5.97 Å². The number of nitrogens with one attached hydrogen (secondary N) is 1. The van der Waals surface area contributed by atoms with Gasteiger partial charge in [-0.1, -0.05) is 13.0 Å². The molecule has 2 rings (SSSR count). The second-order valence-electron chi connectivity index (χ2n) is 4.20. The summed E-state index contributed by atoms with van der Waals surface area (Å²) >= 11 is 0. The second-order valence-corrected chi connectivity index (χ2v) is 4.20. The fourth-order valence-corrected chi connectivity index (χ4v) is 1.87. The highest BCUT2D eigenvalue weighted by Gasteiger charge is 2.03. The van der Waals surface area contributed by atoms with Crippen LogP contribution in [0.5, 0.6) is 0 Å². The van der Waals surface area contributed by atoms with Gasteiger partial charge in [-0.05, 0) is 42.3 Å². The van der Waals surface area contributed by atoms with Crippen LogP contribution in [0.1, 0.15) is 28.5 Å². The molecule has 0 spiro atoms. The number of hydrogen-bond acceptors (Lipinski definition) is 3. The molecule has 2 N–H and O–H groups in total. The molecule has 1 aromatic carbocycles. The molecular weight excluding hydrogens is 240 g/mol. The zero-order valence-electron chi connectivity index (χ0n) is 10.8. The maximum absolute atomic E-state index is 10.7. The van der Waals surface area contributed by atoms with E-state index in [-0.39, 0.29) is 5.56 Å². The quantitative estimate of drug-likeness (QED) is 0.863. The third-order valence-electron chi connectivity index (χ3n) is 2.96. The van der Waals surface area contributed by atoms with E-state index in [1.165, 1.54) is 5.56 Å². The molecule has 0 unspecified atom stereocenters. The number of nitrogens with zero attached hydrogens (tertiary/aromatic N) is 1. The van der Waals surface area contributed by atoms with Crippen molar-refractivity contribution in [2.75, 3.05) is 5.32 Å². The fraction of sp³-hybridized carbons (Fsp3) is 0.200. The number of aryl methyl sites for hydroxylation is 1. The topological polar surface area (TPSA) is 62.2 Å². The van der Waals surface area contributed by atoms with Crippen LogP contribution in [0.25, 0.3) is 0 Å². The Balaban J connectivity index is 2.04. The molecule has 0 bridgehead atoms. The number of aromatic nitrogens is 1. The lowest BCUT2D eigenvalue weighted by Gasteiger charge is -2.09. The predicted octanol–water partition coefficient (Wildman–Crippen LogP) is 2.95. The van der Waals surface area contributed by atoms with Crippen molar-refractivity contribution in [3.63, 3.8) is 0 Å². The lowest BCUT2D eigenvalue weighted by Crippen LogP contribution is -2.05. The molecule has 0 fully saturated rings. The standard InChI is InChI=1S/C15H16N2O2/c1-2-11-4-3-9-16-14(11)10-17-13-7-5-12(6-8-13)15(18)19/h3-9,17H,2,10H2,1H3,(H,18,19). The first-order valence-electron chi connectivity index (χ1n) is 6.20. The number of carbonyl (C=O) groups is 1. The first-order chi connectivity index (χ1) is 9.20. The smallest absolute Gasteiger partial charge is 0.335 e. The van der Waals surface area contributed by atoms with Gasteiger partial charge >= 0.3 is 5.97 Å². The van der Waals surface area contributed by atoms with Crippen LogP contribution in [-0.2, 0) is 13.0 Å². The first-order valence-corrected chi connectivity index (χ1v) is 6.20. The van der Waals surface area contributed by atoms with Crippen molar-refractivity contribution in [1.29, 1.82) is 0 Å². The molecule has 98 valence electrons. The van der Waals surface area contributed by atoms with Crippen LogP contribution < -0.4 is 5.32 Å². The molecule has 0 saturated heterocycles. The number of anilines is 1. The summed E-state index contributed by atoms with van der Waals surface area (Å²) in [6, 6.07) is 10.7. The Morgan fingerprint density at radius 3 is 2.63 bits per heavy atom. The van der Waals surface area contributed by atoms with Gasteiger partial charge in [-0.3, -0.25) is 4.98 Å². The Labute approximate surface area is 112 Å². The van der Waals surface area contributed by atoms with Crippen molar-refractivity contribution in [2.45, 2.75) is 19.9 Å². The fourth-order valence-electron chi connectivity index (χ4n) is 1.87. The third kappa shape index (κ3) is 3.31. The molecule has 0 amide bonds. The zero-order valence-corrected chi connectivity index (χ0v) is 10.8. The SMILES string of the molecule is CCc1cccnc1CNc1ccc(C(=O)O)cc1.